The molecule has 0 fully saturated rings. The van der Waals surface area contributed by atoms with Gasteiger partial charge in [-0.2, -0.15) is 0 Å². The first-order valence-corrected chi connectivity index (χ1v) is 6.23. The molecule has 0 saturated heterocycles. The minimum atomic E-state index is 0.369. The van der Waals surface area contributed by atoms with Crippen LogP contribution in [0.25, 0.3) is 0 Å². The fourth-order valence-electron chi connectivity index (χ4n) is 1.66. The first-order chi connectivity index (χ1) is 9.63. The van der Waals surface area contributed by atoms with Gasteiger partial charge in [-0.25, -0.2) is 0 Å². The molecule has 102 valence electrons. The Bertz CT molecular complexity index is 613. The molecule has 3 nitrogen and oxygen atoms in total. The molecule has 3 heteroatoms. The second-order valence-corrected chi connectivity index (χ2v) is 4.08. The van der Waals surface area contributed by atoms with E-state index in [1.807, 2.05) is 37.3 Å². The van der Waals surface area contributed by atoms with Gasteiger partial charge < -0.3 is 11.5 Å². The molecule has 1 aromatic carbocycles. The number of allylic oxidation sites excluding steroid dienone is 3. The summed E-state index contributed by atoms with van der Waals surface area (Å²) in [6, 6.07) is 7.34. The van der Waals surface area contributed by atoms with Crippen LogP contribution in [-0.2, 0) is 0 Å². The van der Waals surface area contributed by atoms with Crippen molar-refractivity contribution in [3.05, 3.63) is 65.8 Å². The van der Waals surface area contributed by atoms with E-state index >= 15 is 0 Å². The largest absolute Gasteiger partial charge is 0.398 e. The van der Waals surface area contributed by atoms with Crippen LogP contribution in [0.4, 0.5) is 5.69 Å². The smallest absolute Gasteiger partial charge is 0.128 e. The Morgan fingerprint density at radius 1 is 1.45 bits per heavy atom. The molecular formula is C17H19N3. The van der Waals surface area contributed by atoms with Crippen LogP contribution in [0.3, 0.4) is 0 Å². The maximum Gasteiger partial charge on any atom is 0.128 e. The molecule has 1 aromatic rings. The standard InChI is InChI=1S/C17H19N3/c1-4-9-13(5-2)14(6-3)12-20-17(19)15-10-7-8-11-16(15)18/h2,4,6-11H,3,12,18H2,1H3,(H2,19,20)/b9-4-,14-13+. The Morgan fingerprint density at radius 3 is 2.70 bits per heavy atom. The summed E-state index contributed by atoms with van der Waals surface area (Å²) in [7, 11) is 0. The van der Waals surface area contributed by atoms with Gasteiger partial charge in [0.15, 0.2) is 0 Å². The summed E-state index contributed by atoms with van der Waals surface area (Å²) in [5.74, 6) is 3.00. The molecular weight excluding hydrogens is 246 g/mol. The van der Waals surface area contributed by atoms with Crippen LogP contribution >= 0.6 is 0 Å². The number of nitrogen functional groups attached to an aromatic ring is 1. The number of rotatable bonds is 5. The topological polar surface area (TPSA) is 64.4 Å². The average Bonchev–Trinajstić information content (AvgIpc) is 2.46. The molecule has 0 amide bonds. The number of para-hydroxylation sites is 1. The number of hydrogen-bond donors (Lipinski definition) is 2. The summed E-state index contributed by atoms with van der Waals surface area (Å²) in [6.45, 7) is 6.03. The van der Waals surface area contributed by atoms with E-state index in [0.717, 1.165) is 16.7 Å². The van der Waals surface area contributed by atoms with Gasteiger partial charge >= 0.3 is 0 Å². The summed E-state index contributed by atoms with van der Waals surface area (Å²) in [5.41, 5.74) is 14.7. The number of nitrogens with zero attached hydrogens (tertiary/aromatic N) is 1. The van der Waals surface area contributed by atoms with Gasteiger partial charge in [-0.1, -0.05) is 42.9 Å². The van der Waals surface area contributed by atoms with E-state index in [-0.39, 0.29) is 0 Å². The van der Waals surface area contributed by atoms with Crippen molar-refractivity contribution in [3.63, 3.8) is 0 Å². The lowest BCUT2D eigenvalue weighted by Crippen LogP contribution is -2.16. The second kappa shape index (κ2) is 7.65. The fraction of sp³-hybridized carbons (Fsp3) is 0.118. The predicted octanol–water partition coefficient (Wildman–Crippen LogP) is 2.67. The number of hydrogen-bond acceptors (Lipinski definition) is 2. The number of terminal acetylenes is 1. The molecule has 0 aromatic heterocycles. The maximum absolute atomic E-state index is 5.96. The van der Waals surface area contributed by atoms with Crippen LogP contribution in [0.5, 0.6) is 0 Å². The van der Waals surface area contributed by atoms with E-state index in [0.29, 0.717) is 18.1 Å². The highest BCUT2D eigenvalue weighted by atomic mass is 14.9. The number of aliphatic imine (C=N–C) groups is 1. The highest BCUT2D eigenvalue weighted by Crippen LogP contribution is 2.12. The zero-order chi connectivity index (χ0) is 15.0. The lowest BCUT2D eigenvalue weighted by Gasteiger charge is -2.06. The third-order valence-electron chi connectivity index (χ3n) is 2.74. The van der Waals surface area contributed by atoms with Gasteiger partial charge in [-0.3, -0.25) is 4.99 Å². The van der Waals surface area contributed by atoms with E-state index in [1.165, 1.54) is 0 Å². The van der Waals surface area contributed by atoms with E-state index in [1.54, 1.807) is 12.1 Å². The Kier molecular flexibility index (Phi) is 5.86. The van der Waals surface area contributed by atoms with Crippen molar-refractivity contribution in [1.82, 2.24) is 0 Å². The Labute approximate surface area is 120 Å². The van der Waals surface area contributed by atoms with E-state index in [9.17, 15) is 0 Å². The molecule has 0 heterocycles. The SMILES string of the molecule is C#CC(/C=C\C)=C(/C=C)CN=C(N)c1ccccc1N. The lowest BCUT2D eigenvalue weighted by atomic mass is 10.1. The molecule has 0 saturated carbocycles. The second-order valence-electron chi connectivity index (χ2n) is 4.08. The third kappa shape index (κ3) is 3.89. The van der Waals surface area contributed by atoms with Gasteiger partial charge in [-0.15, -0.1) is 6.42 Å². The van der Waals surface area contributed by atoms with Crippen molar-refractivity contribution >= 4 is 11.5 Å². The molecule has 0 atom stereocenters. The molecule has 0 aliphatic rings. The first-order valence-electron chi connectivity index (χ1n) is 6.23. The van der Waals surface area contributed by atoms with Gasteiger partial charge in [0.2, 0.25) is 0 Å². The fourth-order valence-corrected chi connectivity index (χ4v) is 1.66. The predicted molar refractivity (Wildman–Crippen MR) is 87.3 cm³/mol. The number of benzene rings is 1. The molecule has 0 aliphatic carbocycles. The molecule has 0 spiro atoms. The molecule has 0 radical (unpaired) electrons. The minimum Gasteiger partial charge on any atom is -0.398 e. The Balaban J connectivity index is 3.04. The van der Waals surface area contributed by atoms with Crippen LogP contribution in [-0.4, -0.2) is 12.4 Å². The normalized spacial score (nSPS) is 12.9. The summed E-state index contributed by atoms with van der Waals surface area (Å²) < 4.78 is 0. The van der Waals surface area contributed by atoms with Gasteiger partial charge in [-0.05, 0) is 24.6 Å². The molecule has 0 unspecified atom stereocenters. The minimum absolute atomic E-state index is 0.369. The lowest BCUT2D eigenvalue weighted by molar-refractivity contribution is 1.16. The molecule has 0 bridgehead atoms. The monoisotopic (exact) mass is 265 g/mol. The van der Waals surface area contributed by atoms with Crippen LogP contribution in [0, 0.1) is 12.3 Å². The summed E-state index contributed by atoms with van der Waals surface area (Å²) in [4.78, 5) is 4.33. The van der Waals surface area contributed by atoms with Crippen LogP contribution in [0.2, 0.25) is 0 Å². The van der Waals surface area contributed by atoms with Gasteiger partial charge in [0.25, 0.3) is 0 Å². The summed E-state index contributed by atoms with van der Waals surface area (Å²) >= 11 is 0. The zero-order valence-corrected chi connectivity index (χ0v) is 11.6. The van der Waals surface area contributed by atoms with Crippen molar-refractivity contribution in [2.24, 2.45) is 10.7 Å². The van der Waals surface area contributed by atoms with Crippen molar-refractivity contribution in [1.29, 1.82) is 0 Å². The Morgan fingerprint density at radius 2 is 2.15 bits per heavy atom. The van der Waals surface area contributed by atoms with Crippen molar-refractivity contribution in [2.45, 2.75) is 6.92 Å². The van der Waals surface area contributed by atoms with Gasteiger partial charge in [0.05, 0.1) is 6.54 Å². The zero-order valence-electron chi connectivity index (χ0n) is 11.6. The van der Waals surface area contributed by atoms with Gasteiger partial charge in [0.1, 0.15) is 5.84 Å². The highest BCUT2D eigenvalue weighted by Gasteiger charge is 2.03. The van der Waals surface area contributed by atoms with Crippen LogP contribution < -0.4 is 11.5 Å². The Hall–Kier alpha value is -2.73. The number of anilines is 1. The summed E-state index contributed by atoms with van der Waals surface area (Å²) in [6.07, 6.45) is 10.9. The summed E-state index contributed by atoms with van der Waals surface area (Å²) in [5, 5.41) is 0. The average molecular weight is 265 g/mol. The van der Waals surface area contributed by atoms with Crippen molar-refractivity contribution in [3.8, 4) is 12.3 Å². The molecule has 4 N–H and O–H groups in total. The third-order valence-corrected chi connectivity index (χ3v) is 2.74. The first kappa shape index (κ1) is 15.3. The molecule has 0 aliphatic heterocycles. The quantitative estimate of drug-likeness (QED) is 0.283. The van der Waals surface area contributed by atoms with Crippen molar-refractivity contribution in [2.75, 3.05) is 12.3 Å². The van der Waals surface area contributed by atoms with Crippen molar-refractivity contribution < 1.29 is 0 Å². The van der Waals surface area contributed by atoms with E-state index in [4.69, 9.17) is 17.9 Å². The number of nitrogens with two attached hydrogens (primary N) is 2. The van der Waals surface area contributed by atoms with Crippen LogP contribution in [0.15, 0.2) is 65.2 Å². The van der Waals surface area contributed by atoms with Gasteiger partial charge in [0, 0.05) is 16.8 Å². The van der Waals surface area contributed by atoms with E-state index in [2.05, 4.69) is 17.5 Å². The van der Waals surface area contributed by atoms with E-state index < -0.39 is 0 Å². The molecule has 20 heavy (non-hydrogen) atoms. The maximum atomic E-state index is 5.96. The molecule has 1 rings (SSSR count). The highest BCUT2D eigenvalue weighted by molar-refractivity contribution is 6.02. The number of amidine groups is 1. The van der Waals surface area contributed by atoms with Crippen LogP contribution in [0.1, 0.15) is 12.5 Å².